The smallest absolute Gasteiger partial charge is 0.248 e. The van der Waals surface area contributed by atoms with Gasteiger partial charge in [0.25, 0.3) is 0 Å². The summed E-state index contributed by atoms with van der Waals surface area (Å²) in [5, 5.41) is 7.09. The minimum Gasteiger partial charge on any atom is -0.344 e. The Kier molecular flexibility index (Phi) is 4.69. The SMILES string of the molecule is CC(NC(=O)C1CC2CCCC(C1)C2N)c1nc(C(C)(C)C)no1. The number of nitrogens with two attached hydrogens (primary N) is 1. The molecule has 6 nitrogen and oxygen atoms in total. The molecule has 0 radical (unpaired) electrons. The predicted octanol–water partition coefficient (Wildman–Crippen LogP) is 2.70. The number of carbonyl (C=O) groups excluding carboxylic acids is 1. The second-order valence-electron chi connectivity index (χ2n) is 8.63. The number of amides is 1. The molecular weight excluding hydrogens is 304 g/mol. The third kappa shape index (κ3) is 3.48. The van der Waals surface area contributed by atoms with Crippen molar-refractivity contribution in [1.82, 2.24) is 15.5 Å². The lowest BCUT2D eigenvalue weighted by Gasteiger charge is -2.43. The molecule has 134 valence electrons. The van der Waals surface area contributed by atoms with E-state index in [4.69, 9.17) is 10.3 Å². The van der Waals surface area contributed by atoms with Gasteiger partial charge in [0.15, 0.2) is 5.82 Å². The fourth-order valence-corrected chi connectivity index (χ4v) is 4.11. The van der Waals surface area contributed by atoms with E-state index in [0.29, 0.717) is 23.6 Å². The molecule has 2 bridgehead atoms. The van der Waals surface area contributed by atoms with Gasteiger partial charge in [-0.1, -0.05) is 32.3 Å². The van der Waals surface area contributed by atoms with Crippen LogP contribution in [0.25, 0.3) is 0 Å². The van der Waals surface area contributed by atoms with E-state index in [1.807, 2.05) is 27.7 Å². The highest BCUT2D eigenvalue weighted by atomic mass is 16.5. The van der Waals surface area contributed by atoms with Crippen molar-refractivity contribution in [2.45, 2.75) is 77.3 Å². The largest absolute Gasteiger partial charge is 0.344 e. The molecule has 3 rings (SSSR count). The van der Waals surface area contributed by atoms with Gasteiger partial charge in [-0.15, -0.1) is 0 Å². The van der Waals surface area contributed by atoms with Crippen LogP contribution in [0.5, 0.6) is 0 Å². The van der Waals surface area contributed by atoms with E-state index >= 15 is 0 Å². The van der Waals surface area contributed by atoms with Crippen LogP contribution in [0.2, 0.25) is 0 Å². The molecular formula is C18H30N4O2. The maximum absolute atomic E-state index is 12.7. The molecule has 0 aliphatic heterocycles. The summed E-state index contributed by atoms with van der Waals surface area (Å²) in [5.41, 5.74) is 6.15. The standard InChI is InChI=1S/C18H30N4O2/c1-10(16-21-17(22-24-16)18(2,3)4)20-15(23)13-8-11-6-5-7-12(9-13)14(11)19/h10-14H,5-9,19H2,1-4H3,(H,20,23). The van der Waals surface area contributed by atoms with Gasteiger partial charge in [-0.05, 0) is 44.4 Å². The molecule has 24 heavy (non-hydrogen) atoms. The molecule has 2 aliphatic rings. The van der Waals surface area contributed by atoms with Crippen LogP contribution in [0.3, 0.4) is 0 Å². The lowest BCUT2D eigenvalue weighted by atomic mass is 9.65. The highest BCUT2D eigenvalue weighted by Gasteiger charge is 2.40. The van der Waals surface area contributed by atoms with Crippen molar-refractivity contribution in [1.29, 1.82) is 0 Å². The summed E-state index contributed by atoms with van der Waals surface area (Å²) in [6.07, 6.45) is 5.40. The van der Waals surface area contributed by atoms with Crippen molar-refractivity contribution in [2.24, 2.45) is 23.5 Å². The molecule has 2 fully saturated rings. The molecule has 3 unspecified atom stereocenters. The molecule has 0 saturated heterocycles. The van der Waals surface area contributed by atoms with E-state index in [0.717, 1.165) is 25.7 Å². The van der Waals surface area contributed by atoms with Crippen molar-refractivity contribution < 1.29 is 9.32 Å². The van der Waals surface area contributed by atoms with E-state index in [2.05, 4.69) is 15.5 Å². The van der Waals surface area contributed by atoms with Crippen molar-refractivity contribution in [2.75, 3.05) is 0 Å². The number of aromatic nitrogens is 2. The number of rotatable bonds is 3. The molecule has 1 aromatic heterocycles. The van der Waals surface area contributed by atoms with E-state index in [-0.39, 0.29) is 29.3 Å². The van der Waals surface area contributed by atoms with Crippen LogP contribution >= 0.6 is 0 Å². The van der Waals surface area contributed by atoms with Crippen LogP contribution in [0.1, 0.15) is 77.6 Å². The Balaban J connectivity index is 1.61. The molecule has 1 aromatic rings. The van der Waals surface area contributed by atoms with E-state index in [9.17, 15) is 4.79 Å². The Bertz CT molecular complexity index is 578. The van der Waals surface area contributed by atoms with Crippen molar-refractivity contribution >= 4 is 5.91 Å². The number of nitrogens with one attached hydrogen (secondary N) is 1. The van der Waals surface area contributed by atoms with Gasteiger partial charge in [0.2, 0.25) is 11.8 Å². The van der Waals surface area contributed by atoms with Crippen LogP contribution in [-0.4, -0.2) is 22.1 Å². The van der Waals surface area contributed by atoms with Gasteiger partial charge < -0.3 is 15.6 Å². The second-order valence-corrected chi connectivity index (χ2v) is 8.63. The Morgan fingerprint density at radius 3 is 2.46 bits per heavy atom. The first-order valence-corrected chi connectivity index (χ1v) is 9.15. The fourth-order valence-electron chi connectivity index (χ4n) is 4.11. The summed E-state index contributed by atoms with van der Waals surface area (Å²) >= 11 is 0. The highest BCUT2D eigenvalue weighted by Crippen LogP contribution is 2.42. The van der Waals surface area contributed by atoms with Gasteiger partial charge >= 0.3 is 0 Å². The predicted molar refractivity (Wildman–Crippen MR) is 91.1 cm³/mol. The van der Waals surface area contributed by atoms with Gasteiger partial charge in [-0.2, -0.15) is 4.98 Å². The van der Waals surface area contributed by atoms with Crippen LogP contribution in [0.4, 0.5) is 0 Å². The minimum absolute atomic E-state index is 0.0626. The summed E-state index contributed by atoms with van der Waals surface area (Å²) in [4.78, 5) is 17.1. The molecule has 1 amide bonds. The maximum Gasteiger partial charge on any atom is 0.248 e. The number of nitrogens with zero attached hydrogens (tertiary/aromatic N) is 2. The zero-order valence-corrected chi connectivity index (χ0v) is 15.2. The number of hydrogen-bond acceptors (Lipinski definition) is 5. The van der Waals surface area contributed by atoms with Crippen LogP contribution in [0, 0.1) is 17.8 Å². The summed E-state index contributed by atoms with van der Waals surface area (Å²) in [5.74, 6) is 2.30. The minimum atomic E-state index is -0.267. The average molecular weight is 334 g/mol. The third-order valence-corrected chi connectivity index (χ3v) is 5.63. The van der Waals surface area contributed by atoms with Crippen molar-refractivity contribution in [3.8, 4) is 0 Å². The molecule has 2 saturated carbocycles. The number of hydrogen-bond donors (Lipinski definition) is 2. The molecule has 6 heteroatoms. The van der Waals surface area contributed by atoms with Crippen LogP contribution < -0.4 is 11.1 Å². The average Bonchev–Trinajstić information content (AvgIpc) is 2.96. The van der Waals surface area contributed by atoms with Crippen molar-refractivity contribution in [3.63, 3.8) is 0 Å². The molecule has 3 atom stereocenters. The van der Waals surface area contributed by atoms with E-state index in [1.54, 1.807) is 0 Å². The van der Waals surface area contributed by atoms with Gasteiger partial charge in [0.05, 0.1) is 0 Å². The van der Waals surface area contributed by atoms with Gasteiger partial charge in [0, 0.05) is 17.4 Å². The topological polar surface area (TPSA) is 94.0 Å². The summed E-state index contributed by atoms with van der Waals surface area (Å²) < 4.78 is 5.34. The summed E-state index contributed by atoms with van der Waals surface area (Å²) in [6.45, 7) is 8.01. The Labute approximate surface area is 143 Å². The molecule has 3 N–H and O–H groups in total. The Morgan fingerprint density at radius 1 is 1.29 bits per heavy atom. The summed E-state index contributed by atoms with van der Waals surface area (Å²) in [6, 6.07) is 0.0158. The number of carbonyl (C=O) groups is 1. The normalized spacial score (nSPS) is 31.5. The maximum atomic E-state index is 12.7. The molecule has 0 aromatic carbocycles. The van der Waals surface area contributed by atoms with Crippen LogP contribution in [0.15, 0.2) is 4.52 Å². The zero-order chi connectivity index (χ0) is 17.5. The van der Waals surface area contributed by atoms with Crippen LogP contribution in [-0.2, 0) is 10.2 Å². The Hall–Kier alpha value is -1.43. The van der Waals surface area contributed by atoms with E-state index in [1.165, 1.54) is 6.42 Å². The zero-order valence-electron chi connectivity index (χ0n) is 15.2. The Morgan fingerprint density at radius 2 is 1.92 bits per heavy atom. The highest BCUT2D eigenvalue weighted by molar-refractivity contribution is 5.79. The number of fused-ring (bicyclic) bond motifs is 2. The van der Waals surface area contributed by atoms with Gasteiger partial charge in [0.1, 0.15) is 6.04 Å². The third-order valence-electron chi connectivity index (χ3n) is 5.63. The lowest BCUT2D eigenvalue weighted by Crippen LogP contribution is -2.49. The first-order valence-electron chi connectivity index (χ1n) is 9.15. The van der Waals surface area contributed by atoms with E-state index < -0.39 is 0 Å². The van der Waals surface area contributed by atoms with Gasteiger partial charge in [-0.25, -0.2) is 0 Å². The molecule has 0 spiro atoms. The quantitative estimate of drug-likeness (QED) is 0.886. The first kappa shape index (κ1) is 17.4. The second kappa shape index (κ2) is 6.47. The van der Waals surface area contributed by atoms with Crippen molar-refractivity contribution in [3.05, 3.63) is 11.7 Å². The lowest BCUT2D eigenvalue weighted by molar-refractivity contribution is -0.128. The molecule has 1 heterocycles. The van der Waals surface area contributed by atoms with Gasteiger partial charge in [-0.3, -0.25) is 4.79 Å². The fraction of sp³-hybridized carbons (Fsp3) is 0.833. The first-order chi connectivity index (χ1) is 11.3. The molecule has 2 aliphatic carbocycles. The monoisotopic (exact) mass is 334 g/mol. The summed E-state index contributed by atoms with van der Waals surface area (Å²) in [7, 11) is 0.